The SMILES string of the molecule is O=C(NC1CC1)c1cc2c(s1)-c1ccccc1N(C(=O)c1ccc3ccc(N4CCOCC4)nc3c1)CC2. The number of nitrogens with one attached hydrogen (secondary N) is 1. The molecule has 2 fully saturated rings. The van der Waals surface area contributed by atoms with Crippen LogP contribution in [-0.4, -0.2) is 55.7 Å². The van der Waals surface area contributed by atoms with Gasteiger partial charge in [0.1, 0.15) is 5.82 Å². The molecule has 2 aliphatic heterocycles. The van der Waals surface area contributed by atoms with Crippen LogP contribution >= 0.6 is 11.3 Å². The first-order valence-electron chi connectivity index (χ1n) is 13.2. The van der Waals surface area contributed by atoms with Crippen LogP contribution in [-0.2, 0) is 11.2 Å². The van der Waals surface area contributed by atoms with Crippen molar-refractivity contribution < 1.29 is 14.3 Å². The number of hydrogen-bond acceptors (Lipinski definition) is 6. The molecule has 1 saturated heterocycles. The van der Waals surface area contributed by atoms with E-state index in [0.29, 0.717) is 37.8 Å². The van der Waals surface area contributed by atoms with Crippen molar-refractivity contribution in [3.8, 4) is 10.4 Å². The lowest BCUT2D eigenvalue weighted by Gasteiger charge is -2.28. The van der Waals surface area contributed by atoms with Gasteiger partial charge in [0.25, 0.3) is 11.8 Å². The van der Waals surface area contributed by atoms with E-state index in [9.17, 15) is 9.59 Å². The number of fused-ring (bicyclic) bond motifs is 4. The van der Waals surface area contributed by atoms with Gasteiger partial charge in [0, 0.05) is 47.1 Å². The summed E-state index contributed by atoms with van der Waals surface area (Å²) in [4.78, 5) is 37.5. The highest BCUT2D eigenvalue weighted by atomic mass is 32.1. The summed E-state index contributed by atoms with van der Waals surface area (Å²) in [7, 11) is 0. The summed E-state index contributed by atoms with van der Waals surface area (Å²) in [6, 6.07) is 20.2. The Bertz CT molecular complexity index is 1550. The first-order chi connectivity index (χ1) is 18.6. The Morgan fingerprint density at radius 2 is 1.79 bits per heavy atom. The number of amides is 2. The highest BCUT2D eigenvalue weighted by Crippen LogP contribution is 2.42. The Morgan fingerprint density at radius 3 is 2.63 bits per heavy atom. The predicted molar refractivity (Wildman–Crippen MR) is 150 cm³/mol. The minimum Gasteiger partial charge on any atom is -0.378 e. The van der Waals surface area contributed by atoms with Gasteiger partial charge in [-0.15, -0.1) is 11.3 Å². The maximum Gasteiger partial charge on any atom is 0.261 e. The number of morpholine rings is 1. The van der Waals surface area contributed by atoms with Crippen LogP contribution in [0.1, 0.15) is 38.4 Å². The number of pyridine rings is 1. The monoisotopic (exact) mass is 524 g/mol. The van der Waals surface area contributed by atoms with E-state index in [1.165, 1.54) is 11.3 Å². The Kier molecular flexibility index (Phi) is 5.86. The van der Waals surface area contributed by atoms with Gasteiger partial charge >= 0.3 is 0 Å². The summed E-state index contributed by atoms with van der Waals surface area (Å²) < 4.78 is 5.48. The molecule has 1 N–H and O–H groups in total. The average Bonchev–Trinajstić information content (AvgIpc) is 3.71. The van der Waals surface area contributed by atoms with Crippen molar-refractivity contribution in [2.75, 3.05) is 42.6 Å². The largest absolute Gasteiger partial charge is 0.378 e. The fourth-order valence-electron chi connectivity index (χ4n) is 5.27. The number of rotatable bonds is 4. The predicted octanol–water partition coefficient (Wildman–Crippen LogP) is 4.90. The molecule has 192 valence electrons. The van der Waals surface area contributed by atoms with Gasteiger partial charge < -0.3 is 19.9 Å². The van der Waals surface area contributed by atoms with Crippen molar-refractivity contribution in [2.24, 2.45) is 0 Å². The van der Waals surface area contributed by atoms with Crippen LogP contribution in [0.15, 0.2) is 60.7 Å². The molecule has 0 radical (unpaired) electrons. The third-order valence-corrected chi connectivity index (χ3v) is 8.70. The molecule has 3 aliphatic rings. The van der Waals surface area contributed by atoms with Crippen LogP contribution in [0.25, 0.3) is 21.3 Å². The fraction of sp³-hybridized carbons (Fsp3) is 0.300. The van der Waals surface area contributed by atoms with E-state index in [1.54, 1.807) is 0 Å². The molecule has 4 aromatic rings. The molecule has 1 saturated carbocycles. The van der Waals surface area contributed by atoms with Gasteiger partial charge in [0.15, 0.2) is 0 Å². The Morgan fingerprint density at radius 1 is 0.974 bits per heavy atom. The highest BCUT2D eigenvalue weighted by molar-refractivity contribution is 7.17. The minimum absolute atomic E-state index is 0.0103. The van der Waals surface area contributed by atoms with E-state index >= 15 is 0 Å². The van der Waals surface area contributed by atoms with Gasteiger partial charge in [-0.3, -0.25) is 9.59 Å². The standard InChI is InChI=1S/C30H28N4O3S/c35-29(31-22-8-9-22)26-18-20-11-12-34(25-4-2-1-3-23(25)28(20)38-26)30(36)21-6-5-19-7-10-27(32-24(19)17-21)33-13-15-37-16-14-33/h1-7,10,17-18,22H,8-9,11-16H2,(H,31,35). The first kappa shape index (κ1) is 23.4. The Labute approximate surface area is 225 Å². The van der Waals surface area contributed by atoms with Crippen molar-refractivity contribution in [1.82, 2.24) is 10.3 Å². The second-order valence-corrected chi connectivity index (χ2v) is 11.2. The van der Waals surface area contributed by atoms with Crippen molar-refractivity contribution >= 4 is 45.6 Å². The summed E-state index contributed by atoms with van der Waals surface area (Å²) in [5.41, 5.74) is 4.43. The minimum atomic E-state index is -0.0419. The van der Waals surface area contributed by atoms with E-state index in [2.05, 4.69) is 22.3 Å². The van der Waals surface area contributed by atoms with Gasteiger partial charge in [-0.1, -0.05) is 24.3 Å². The number of aromatic nitrogens is 1. The molecule has 2 amide bonds. The van der Waals surface area contributed by atoms with E-state index in [1.807, 2.05) is 53.4 Å². The van der Waals surface area contributed by atoms with Crippen LogP contribution in [0, 0.1) is 0 Å². The van der Waals surface area contributed by atoms with Crippen molar-refractivity contribution in [3.05, 3.63) is 76.7 Å². The van der Waals surface area contributed by atoms with Crippen LogP contribution in [0.3, 0.4) is 0 Å². The normalized spacial score (nSPS) is 17.1. The molecule has 4 heterocycles. The number of hydrogen-bond donors (Lipinski definition) is 1. The zero-order valence-electron chi connectivity index (χ0n) is 21.0. The quantitative estimate of drug-likeness (QED) is 0.411. The Balaban J connectivity index is 1.20. The molecular formula is C30H28N4O3S. The molecule has 0 unspecified atom stereocenters. The molecule has 7 nitrogen and oxygen atoms in total. The summed E-state index contributed by atoms with van der Waals surface area (Å²) in [5.74, 6) is 0.882. The van der Waals surface area contributed by atoms with Gasteiger partial charge in [0.05, 0.1) is 29.3 Å². The molecule has 2 aromatic heterocycles. The number of ether oxygens (including phenoxy) is 1. The first-order valence-corrected chi connectivity index (χ1v) is 14.0. The smallest absolute Gasteiger partial charge is 0.261 e. The highest BCUT2D eigenvalue weighted by Gasteiger charge is 2.29. The number of benzene rings is 2. The summed E-state index contributed by atoms with van der Waals surface area (Å²) in [6.45, 7) is 3.57. The number of carbonyl (C=O) groups is 2. The lowest BCUT2D eigenvalue weighted by atomic mass is 10.1. The maximum atomic E-state index is 13.9. The Hall–Kier alpha value is -3.75. The average molecular weight is 525 g/mol. The molecular weight excluding hydrogens is 496 g/mol. The van der Waals surface area contributed by atoms with E-state index < -0.39 is 0 Å². The lowest BCUT2D eigenvalue weighted by molar-refractivity contribution is 0.0953. The lowest BCUT2D eigenvalue weighted by Crippen LogP contribution is -2.36. The zero-order valence-corrected chi connectivity index (χ0v) is 21.8. The topological polar surface area (TPSA) is 74.8 Å². The number of nitrogens with zero attached hydrogens (tertiary/aromatic N) is 3. The van der Waals surface area contributed by atoms with Crippen molar-refractivity contribution in [2.45, 2.75) is 25.3 Å². The third-order valence-electron chi connectivity index (χ3n) is 7.49. The van der Waals surface area contributed by atoms with Gasteiger partial charge in [-0.2, -0.15) is 0 Å². The molecule has 0 atom stereocenters. The fourth-order valence-corrected chi connectivity index (χ4v) is 6.41. The van der Waals surface area contributed by atoms with Gasteiger partial charge in [-0.25, -0.2) is 4.98 Å². The molecule has 38 heavy (non-hydrogen) atoms. The third kappa shape index (κ3) is 4.33. The number of anilines is 2. The van der Waals surface area contributed by atoms with E-state index in [0.717, 1.165) is 69.2 Å². The molecule has 2 aromatic carbocycles. The van der Waals surface area contributed by atoms with E-state index in [-0.39, 0.29) is 11.8 Å². The van der Waals surface area contributed by atoms with Crippen LogP contribution in [0.5, 0.6) is 0 Å². The van der Waals surface area contributed by atoms with Crippen molar-refractivity contribution in [1.29, 1.82) is 0 Å². The van der Waals surface area contributed by atoms with E-state index in [4.69, 9.17) is 9.72 Å². The number of carbonyl (C=O) groups excluding carboxylic acids is 2. The summed E-state index contributed by atoms with van der Waals surface area (Å²) in [6.07, 6.45) is 2.82. The van der Waals surface area contributed by atoms with Gasteiger partial charge in [-0.05, 0) is 61.2 Å². The van der Waals surface area contributed by atoms with Crippen molar-refractivity contribution in [3.63, 3.8) is 0 Å². The van der Waals surface area contributed by atoms with Crippen LogP contribution in [0.4, 0.5) is 11.5 Å². The summed E-state index contributed by atoms with van der Waals surface area (Å²) >= 11 is 1.52. The molecule has 1 aliphatic carbocycles. The molecule has 7 rings (SSSR count). The molecule has 8 heteroatoms. The van der Waals surface area contributed by atoms with Gasteiger partial charge in [0.2, 0.25) is 0 Å². The maximum absolute atomic E-state index is 13.9. The van der Waals surface area contributed by atoms with Crippen LogP contribution < -0.4 is 15.1 Å². The molecule has 0 spiro atoms. The second kappa shape index (κ2) is 9.53. The summed E-state index contributed by atoms with van der Waals surface area (Å²) in [5, 5.41) is 4.11. The van der Waals surface area contributed by atoms with Crippen LogP contribution in [0.2, 0.25) is 0 Å². The number of para-hydroxylation sites is 1. The molecule has 0 bridgehead atoms. The zero-order chi connectivity index (χ0) is 25.6. The number of thiophene rings is 1. The second-order valence-electron chi connectivity index (χ2n) is 10.1.